The molecule has 1 aromatic carbocycles. The van der Waals surface area contributed by atoms with Crippen molar-refractivity contribution in [3.63, 3.8) is 0 Å². The smallest absolute Gasteiger partial charge is 0.185 e. The summed E-state index contributed by atoms with van der Waals surface area (Å²) in [7, 11) is -1.43. The highest BCUT2D eigenvalue weighted by Gasteiger charge is 2.38. The van der Waals surface area contributed by atoms with Crippen LogP contribution in [0.15, 0.2) is 27.6 Å². The second-order valence-corrected chi connectivity index (χ2v) is 7.60. The Hall–Kier alpha value is -0.590. The molecular formula is C12H17BrN2O2S. The summed E-state index contributed by atoms with van der Waals surface area (Å²) in [6.07, 6.45) is 0.610. The van der Waals surface area contributed by atoms with Crippen molar-refractivity contribution in [2.75, 3.05) is 18.9 Å². The number of hydrogen-bond acceptors (Lipinski definition) is 4. The fourth-order valence-electron chi connectivity index (χ4n) is 2.31. The topological polar surface area (TPSA) is 58.2 Å². The fourth-order valence-corrected chi connectivity index (χ4v) is 4.91. The second kappa shape index (κ2) is 5.19. The van der Waals surface area contributed by atoms with Gasteiger partial charge in [0.25, 0.3) is 0 Å². The number of anilines is 1. The molecule has 2 rings (SSSR count). The number of benzene rings is 1. The maximum absolute atomic E-state index is 12.6. The Morgan fingerprint density at radius 2 is 2.17 bits per heavy atom. The summed E-state index contributed by atoms with van der Waals surface area (Å²) in [5, 5.41) is 5.90. The largest absolute Gasteiger partial charge is 0.380 e. The summed E-state index contributed by atoms with van der Waals surface area (Å²) in [5.74, 6) is 0. The van der Waals surface area contributed by atoms with Gasteiger partial charge < -0.3 is 10.6 Å². The minimum Gasteiger partial charge on any atom is -0.380 e. The molecule has 2 N–H and O–H groups in total. The highest BCUT2D eigenvalue weighted by molar-refractivity contribution is 9.10. The monoisotopic (exact) mass is 332 g/mol. The molecule has 0 aliphatic carbocycles. The van der Waals surface area contributed by atoms with Gasteiger partial charge in [-0.25, -0.2) is 8.42 Å². The average molecular weight is 333 g/mol. The zero-order chi connectivity index (χ0) is 13.3. The molecule has 1 aromatic rings. The molecule has 100 valence electrons. The highest BCUT2D eigenvalue weighted by Crippen LogP contribution is 2.35. The first-order chi connectivity index (χ1) is 8.46. The maximum atomic E-state index is 12.6. The quantitative estimate of drug-likeness (QED) is 0.889. The standard InChI is InChI=1S/C12H17BrN2O2S/c1-8-11(5-6-14-2)18(16,17)12-7-9(13)3-4-10(12)15-8/h3-4,7-8,11,14-15H,5-6H2,1-2H3. The summed E-state index contributed by atoms with van der Waals surface area (Å²) >= 11 is 3.33. The third kappa shape index (κ3) is 2.41. The van der Waals surface area contributed by atoms with E-state index in [1.807, 2.05) is 26.1 Å². The molecule has 0 saturated heterocycles. The van der Waals surface area contributed by atoms with E-state index >= 15 is 0 Å². The molecule has 0 fully saturated rings. The van der Waals surface area contributed by atoms with Crippen LogP contribution in [0, 0.1) is 0 Å². The van der Waals surface area contributed by atoms with Crippen molar-refractivity contribution >= 4 is 31.5 Å². The van der Waals surface area contributed by atoms with E-state index in [4.69, 9.17) is 0 Å². The van der Waals surface area contributed by atoms with Crippen LogP contribution in [0.5, 0.6) is 0 Å². The third-order valence-corrected chi connectivity index (χ3v) is 6.15. The number of sulfone groups is 1. The van der Waals surface area contributed by atoms with E-state index in [9.17, 15) is 8.42 Å². The van der Waals surface area contributed by atoms with Crippen molar-refractivity contribution in [2.24, 2.45) is 0 Å². The molecule has 2 atom stereocenters. The SMILES string of the molecule is CNCCC1C(C)Nc2ccc(Br)cc2S1(=O)=O. The minimum atomic E-state index is -3.26. The predicted molar refractivity (Wildman–Crippen MR) is 76.7 cm³/mol. The Balaban J connectivity index is 2.45. The minimum absolute atomic E-state index is 0.0722. The molecule has 0 radical (unpaired) electrons. The lowest BCUT2D eigenvalue weighted by Gasteiger charge is -2.32. The summed E-state index contributed by atoms with van der Waals surface area (Å²) in [4.78, 5) is 0.399. The van der Waals surface area contributed by atoms with Crippen molar-refractivity contribution in [3.8, 4) is 0 Å². The van der Waals surface area contributed by atoms with Crippen molar-refractivity contribution < 1.29 is 8.42 Å². The highest BCUT2D eigenvalue weighted by atomic mass is 79.9. The molecule has 0 bridgehead atoms. The second-order valence-electron chi connectivity index (χ2n) is 4.55. The molecule has 1 aliphatic heterocycles. The van der Waals surface area contributed by atoms with Crippen LogP contribution >= 0.6 is 15.9 Å². The molecule has 0 spiro atoms. The van der Waals surface area contributed by atoms with Crippen LogP contribution in [0.4, 0.5) is 5.69 Å². The average Bonchev–Trinajstić information content (AvgIpc) is 2.30. The van der Waals surface area contributed by atoms with E-state index in [2.05, 4.69) is 26.6 Å². The van der Waals surface area contributed by atoms with Crippen LogP contribution in [0.1, 0.15) is 13.3 Å². The number of rotatable bonds is 3. The van der Waals surface area contributed by atoms with Gasteiger partial charge in [0, 0.05) is 10.5 Å². The lowest BCUT2D eigenvalue weighted by Crippen LogP contribution is -2.43. The van der Waals surface area contributed by atoms with E-state index in [1.165, 1.54) is 0 Å². The van der Waals surface area contributed by atoms with Crippen LogP contribution in [0.25, 0.3) is 0 Å². The Labute approximate surface area is 116 Å². The molecule has 6 heteroatoms. The first-order valence-electron chi connectivity index (χ1n) is 5.91. The number of fused-ring (bicyclic) bond motifs is 1. The number of halogens is 1. The van der Waals surface area contributed by atoms with E-state index in [-0.39, 0.29) is 11.3 Å². The third-order valence-electron chi connectivity index (χ3n) is 3.27. The molecule has 1 aliphatic rings. The van der Waals surface area contributed by atoms with Gasteiger partial charge in [0.15, 0.2) is 9.84 Å². The van der Waals surface area contributed by atoms with Gasteiger partial charge in [-0.3, -0.25) is 0 Å². The Kier molecular flexibility index (Phi) is 3.99. The van der Waals surface area contributed by atoms with E-state index in [0.29, 0.717) is 23.5 Å². The van der Waals surface area contributed by atoms with Crippen molar-refractivity contribution in [1.29, 1.82) is 0 Å². The van der Waals surface area contributed by atoms with Gasteiger partial charge in [-0.05, 0) is 45.1 Å². The van der Waals surface area contributed by atoms with Crippen LogP contribution in [-0.2, 0) is 9.84 Å². The molecular weight excluding hydrogens is 316 g/mol. The maximum Gasteiger partial charge on any atom is 0.185 e. The lowest BCUT2D eigenvalue weighted by molar-refractivity contribution is 0.540. The summed E-state index contributed by atoms with van der Waals surface area (Å²) in [6.45, 7) is 2.61. The van der Waals surface area contributed by atoms with Crippen LogP contribution in [0.3, 0.4) is 0 Å². The molecule has 18 heavy (non-hydrogen) atoms. The van der Waals surface area contributed by atoms with Gasteiger partial charge in [0.2, 0.25) is 0 Å². The zero-order valence-electron chi connectivity index (χ0n) is 10.4. The van der Waals surface area contributed by atoms with Gasteiger partial charge >= 0.3 is 0 Å². The fraction of sp³-hybridized carbons (Fsp3) is 0.500. The van der Waals surface area contributed by atoms with Crippen molar-refractivity contribution in [3.05, 3.63) is 22.7 Å². The molecule has 0 aromatic heterocycles. The number of hydrogen-bond donors (Lipinski definition) is 2. The Morgan fingerprint density at radius 1 is 1.44 bits per heavy atom. The molecule has 0 saturated carbocycles. The normalized spacial score (nSPS) is 25.3. The molecule has 1 heterocycles. The molecule has 2 unspecified atom stereocenters. The first-order valence-corrected chi connectivity index (χ1v) is 8.25. The summed E-state index contributed by atoms with van der Waals surface area (Å²) in [6, 6.07) is 5.26. The van der Waals surface area contributed by atoms with Crippen LogP contribution in [-0.4, -0.2) is 33.3 Å². The summed E-state index contributed by atoms with van der Waals surface area (Å²) in [5.41, 5.74) is 0.700. The van der Waals surface area contributed by atoms with E-state index in [1.54, 1.807) is 6.07 Å². The van der Waals surface area contributed by atoms with E-state index < -0.39 is 9.84 Å². The lowest BCUT2D eigenvalue weighted by atomic mass is 10.1. The van der Waals surface area contributed by atoms with E-state index in [0.717, 1.165) is 4.47 Å². The Morgan fingerprint density at radius 3 is 2.83 bits per heavy atom. The van der Waals surface area contributed by atoms with Gasteiger partial charge in [0.1, 0.15) is 0 Å². The predicted octanol–water partition coefficient (Wildman–Crippen LogP) is 2.01. The van der Waals surface area contributed by atoms with Crippen molar-refractivity contribution in [1.82, 2.24) is 5.32 Å². The van der Waals surface area contributed by atoms with Crippen LogP contribution < -0.4 is 10.6 Å². The zero-order valence-corrected chi connectivity index (χ0v) is 12.8. The molecule has 0 amide bonds. The summed E-state index contributed by atoms with van der Waals surface area (Å²) < 4.78 is 26.0. The Bertz CT molecular complexity index is 545. The molecule has 4 nitrogen and oxygen atoms in total. The van der Waals surface area contributed by atoms with Crippen molar-refractivity contribution in [2.45, 2.75) is 29.5 Å². The van der Waals surface area contributed by atoms with Gasteiger partial charge in [-0.2, -0.15) is 0 Å². The van der Waals surface area contributed by atoms with Gasteiger partial charge in [-0.1, -0.05) is 15.9 Å². The van der Waals surface area contributed by atoms with Gasteiger partial charge in [-0.15, -0.1) is 0 Å². The number of nitrogens with one attached hydrogen (secondary N) is 2. The van der Waals surface area contributed by atoms with Crippen LogP contribution in [0.2, 0.25) is 0 Å². The van der Waals surface area contributed by atoms with Gasteiger partial charge in [0.05, 0.1) is 15.8 Å². The first kappa shape index (κ1) is 13.8.